The molecule has 2 aromatic rings. The summed E-state index contributed by atoms with van der Waals surface area (Å²) in [6.45, 7) is 8.49. The summed E-state index contributed by atoms with van der Waals surface area (Å²) in [5.74, 6) is 1.93. The molecule has 2 aliphatic heterocycles. The molecule has 1 amide bonds. The van der Waals surface area contributed by atoms with E-state index >= 15 is 0 Å². The molecule has 2 aliphatic rings. The minimum Gasteiger partial charge on any atom is -0.357 e. The molecular formula is C23H31N7O. The van der Waals surface area contributed by atoms with Gasteiger partial charge >= 0.3 is 0 Å². The molecule has 1 N–H and O–H groups in total. The van der Waals surface area contributed by atoms with E-state index in [2.05, 4.69) is 44.1 Å². The molecule has 0 aliphatic carbocycles. The maximum atomic E-state index is 12.6. The van der Waals surface area contributed by atoms with Crippen molar-refractivity contribution >= 4 is 17.8 Å². The first kappa shape index (κ1) is 21.1. The summed E-state index contributed by atoms with van der Waals surface area (Å²) in [7, 11) is 0. The zero-order chi connectivity index (χ0) is 21.5. The number of hydrogen-bond donors (Lipinski definition) is 1. The van der Waals surface area contributed by atoms with Crippen molar-refractivity contribution in [3.8, 4) is 0 Å². The number of guanidine groups is 1. The second-order valence-electron chi connectivity index (χ2n) is 7.88. The Bertz CT molecular complexity index is 869. The fourth-order valence-electron chi connectivity index (χ4n) is 4.08. The second kappa shape index (κ2) is 10.2. The van der Waals surface area contributed by atoms with E-state index in [4.69, 9.17) is 4.99 Å². The van der Waals surface area contributed by atoms with Gasteiger partial charge in [0.25, 0.3) is 0 Å². The summed E-state index contributed by atoms with van der Waals surface area (Å²) in [5, 5.41) is 3.39. The molecule has 8 nitrogen and oxygen atoms in total. The molecule has 0 unspecified atom stereocenters. The Kier molecular flexibility index (Phi) is 6.96. The molecule has 0 bridgehead atoms. The Morgan fingerprint density at radius 3 is 2.32 bits per heavy atom. The lowest BCUT2D eigenvalue weighted by Gasteiger charge is -2.36. The van der Waals surface area contributed by atoms with Gasteiger partial charge in [0.2, 0.25) is 11.9 Å². The first-order chi connectivity index (χ1) is 15.2. The number of anilines is 1. The van der Waals surface area contributed by atoms with Gasteiger partial charge in [-0.25, -0.2) is 9.97 Å². The third kappa shape index (κ3) is 5.31. The summed E-state index contributed by atoms with van der Waals surface area (Å²) in [6.07, 6.45) is 4.86. The number of rotatable bonds is 6. The van der Waals surface area contributed by atoms with Crippen molar-refractivity contribution in [2.75, 3.05) is 44.2 Å². The van der Waals surface area contributed by atoms with Crippen LogP contribution in [0.15, 0.2) is 47.7 Å². The van der Waals surface area contributed by atoms with Crippen molar-refractivity contribution in [2.24, 2.45) is 4.99 Å². The molecule has 3 heterocycles. The van der Waals surface area contributed by atoms with Crippen molar-refractivity contribution in [1.82, 2.24) is 25.1 Å². The summed E-state index contributed by atoms with van der Waals surface area (Å²) < 4.78 is 0. The van der Waals surface area contributed by atoms with E-state index in [9.17, 15) is 4.79 Å². The van der Waals surface area contributed by atoms with E-state index in [1.165, 1.54) is 11.1 Å². The Balaban J connectivity index is 1.23. The number of aromatic nitrogens is 2. The zero-order valence-corrected chi connectivity index (χ0v) is 18.2. The molecule has 164 valence electrons. The molecule has 8 heteroatoms. The fourth-order valence-corrected chi connectivity index (χ4v) is 4.08. The van der Waals surface area contributed by atoms with Gasteiger partial charge in [0.1, 0.15) is 0 Å². The normalized spacial score (nSPS) is 16.4. The number of amides is 1. The van der Waals surface area contributed by atoms with Gasteiger partial charge in [0.15, 0.2) is 5.96 Å². The Morgan fingerprint density at radius 1 is 1.00 bits per heavy atom. The lowest BCUT2D eigenvalue weighted by Crippen LogP contribution is -2.53. The minimum absolute atomic E-state index is 0.216. The SMILES string of the molecule is CCNC(=NCCCC(=O)N1Cc2ccccc2C1)N1CCN(c2ncccn2)CC1. The topological polar surface area (TPSA) is 77.0 Å². The van der Waals surface area contributed by atoms with Gasteiger partial charge in [0, 0.05) is 71.2 Å². The Hall–Kier alpha value is -3.16. The van der Waals surface area contributed by atoms with Crippen molar-refractivity contribution in [3.63, 3.8) is 0 Å². The summed E-state index contributed by atoms with van der Waals surface area (Å²) in [5.41, 5.74) is 2.53. The summed E-state index contributed by atoms with van der Waals surface area (Å²) in [6, 6.07) is 10.1. The largest absolute Gasteiger partial charge is 0.357 e. The third-order valence-corrected chi connectivity index (χ3v) is 5.75. The molecule has 1 saturated heterocycles. The van der Waals surface area contributed by atoms with Crippen LogP contribution in [0.3, 0.4) is 0 Å². The highest BCUT2D eigenvalue weighted by Crippen LogP contribution is 2.23. The molecule has 31 heavy (non-hydrogen) atoms. The predicted octanol–water partition coefficient (Wildman–Crippen LogP) is 1.89. The van der Waals surface area contributed by atoms with Crippen LogP contribution in [-0.4, -0.2) is 70.9 Å². The number of nitrogens with zero attached hydrogens (tertiary/aromatic N) is 6. The van der Waals surface area contributed by atoms with Gasteiger partial charge in [-0.05, 0) is 30.5 Å². The van der Waals surface area contributed by atoms with Crippen molar-refractivity contribution in [1.29, 1.82) is 0 Å². The van der Waals surface area contributed by atoms with E-state index in [-0.39, 0.29) is 5.91 Å². The zero-order valence-electron chi connectivity index (χ0n) is 18.2. The Labute approximate surface area is 184 Å². The smallest absolute Gasteiger partial charge is 0.225 e. The first-order valence-electron chi connectivity index (χ1n) is 11.1. The first-order valence-corrected chi connectivity index (χ1v) is 11.1. The number of nitrogens with one attached hydrogen (secondary N) is 1. The van der Waals surface area contributed by atoms with Crippen LogP contribution < -0.4 is 10.2 Å². The van der Waals surface area contributed by atoms with Gasteiger partial charge in [0.05, 0.1) is 0 Å². The van der Waals surface area contributed by atoms with Crippen LogP contribution >= 0.6 is 0 Å². The van der Waals surface area contributed by atoms with Crippen LogP contribution in [-0.2, 0) is 17.9 Å². The molecule has 0 atom stereocenters. The predicted molar refractivity (Wildman–Crippen MR) is 122 cm³/mol. The lowest BCUT2D eigenvalue weighted by atomic mass is 10.1. The number of hydrogen-bond acceptors (Lipinski definition) is 5. The lowest BCUT2D eigenvalue weighted by molar-refractivity contribution is -0.131. The van der Waals surface area contributed by atoms with Crippen LogP contribution in [0.5, 0.6) is 0 Å². The van der Waals surface area contributed by atoms with Crippen LogP contribution in [0.1, 0.15) is 30.9 Å². The number of carbonyl (C=O) groups excluding carboxylic acids is 1. The average Bonchev–Trinajstić information content (AvgIpc) is 3.26. The molecule has 4 rings (SSSR count). The number of piperazine rings is 1. The number of carbonyl (C=O) groups is 1. The number of fused-ring (bicyclic) bond motifs is 1. The highest BCUT2D eigenvalue weighted by molar-refractivity contribution is 5.80. The molecule has 0 radical (unpaired) electrons. The van der Waals surface area contributed by atoms with E-state index < -0.39 is 0 Å². The second-order valence-corrected chi connectivity index (χ2v) is 7.88. The number of benzene rings is 1. The van der Waals surface area contributed by atoms with Crippen LogP contribution in [0, 0.1) is 0 Å². The van der Waals surface area contributed by atoms with E-state index in [0.29, 0.717) is 13.0 Å². The van der Waals surface area contributed by atoms with Crippen molar-refractivity contribution in [3.05, 3.63) is 53.9 Å². The van der Waals surface area contributed by atoms with E-state index in [1.54, 1.807) is 12.4 Å². The maximum absolute atomic E-state index is 12.6. The standard InChI is InChI=1S/C23H31N7O/c1-2-24-22(28-13-15-29(16-14-28)23-26-11-6-12-27-23)25-10-5-9-21(31)30-17-19-7-3-4-8-20(19)18-30/h3-4,6-8,11-12H,2,5,9-10,13-18H2,1H3,(H,24,25). The fraction of sp³-hybridized carbons (Fsp3) is 0.478. The van der Waals surface area contributed by atoms with Gasteiger partial charge in [-0.2, -0.15) is 0 Å². The van der Waals surface area contributed by atoms with Gasteiger partial charge in [-0.3, -0.25) is 9.79 Å². The molecule has 0 saturated carbocycles. The van der Waals surface area contributed by atoms with Gasteiger partial charge in [-0.15, -0.1) is 0 Å². The third-order valence-electron chi connectivity index (χ3n) is 5.75. The summed E-state index contributed by atoms with van der Waals surface area (Å²) in [4.78, 5) is 32.5. The van der Waals surface area contributed by atoms with Gasteiger partial charge in [-0.1, -0.05) is 24.3 Å². The number of aliphatic imine (C=N–C) groups is 1. The van der Waals surface area contributed by atoms with Crippen LogP contribution in [0.4, 0.5) is 5.95 Å². The van der Waals surface area contributed by atoms with Crippen LogP contribution in [0.2, 0.25) is 0 Å². The van der Waals surface area contributed by atoms with Crippen molar-refractivity contribution < 1.29 is 4.79 Å². The van der Waals surface area contributed by atoms with Crippen molar-refractivity contribution in [2.45, 2.75) is 32.9 Å². The van der Waals surface area contributed by atoms with E-state index in [1.807, 2.05) is 23.1 Å². The molecular weight excluding hydrogens is 390 g/mol. The molecule has 1 aromatic carbocycles. The highest BCUT2D eigenvalue weighted by Gasteiger charge is 2.23. The molecule has 1 fully saturated rings. The quantitative estimate of drug-likeness (QED) is 0.436. The maximum Gasteiger partial charge on any atom is 0.225 e. The minimum atomic E-state index is 0.216. The summed E-state index contributed by atoms with van der Waals surface area (Å²) >= 11 is 0. The molecule has 1 aromatic heterocycles. The molecule has 0 spiro atoms. The van der Waals surface area contributed by atoms with Gasteiger partial charge < -0.3 is 20.0 Å². The average molecular weight is 422 g/mol. The monoisotopic (exact) mass is 421 g/mol. The highest BCUT2D eigenvalue weighted by atomic mass is 16.2. The Morgan fingerprint density at radius 2 is 1.68 bits per heavy atom. The van der Waals surface area contributed by atoms with Crippen LogP contribution in [0.25, 0.3) is 0 Å². The van der Waals surface area contributed by atoms with E-state index in [0.717, 1.165) is 64.1 Å².